The van der Waals surface area contributed by atoms with Gasteiger partial charge in [-0.05, 0) is 68.7 Å². The highest BCUT2D eigenvalue weighted by Crippen LogP contribution is 2.28. The first kappa shape index (κ1) is 13.2. The first-order valence-electron chi connectivity index (χ1n) is 7.02. The minimum Gasteiger partial charge on any atom is -0.385 e. The van der Waals surface area contributed by atoms with Crippen molar-refractivity contribution in [2.24, 2.45) is 11.8 Å². The van der Waals surface area contributed by atoms with Crippen LogP contribution in [0.25, 0.3) is 0 Å². The third kappa shape index (κ3) is 3.63. The van der Waals surface area contributed by atoms with Gasteiger partial charge in [0.15, 0.2) is 0 Å². The fourth-order valence-corrected chi connectivity index (χ4v) is 3.18. The van der Waals surface area contributed by atoms with Crippen LogP contribution in [-0.2, 0) is 0 Å². The summed E-state index contributed by atoms with van der Waals surface area (Å²) in [4.78, 5) is 0. The largest absolute Gasteiger partial charge is 0.385 e. The van der Waals surface area contributed by atoms with Crippen LogP contribution in [0.2, 0.25) is 0 Å². The van der Waals surface area contributed by atoms with E-state index in [9.17, 15) is 0 Å². The SMILES string of the molecule is CC1=CC(C)CC(CNc2cc(C)cc(C)c2)C1. The maximum absolute atomic E-state index is 3.61. The molecule has 2 atom stereocenters. The number of nitrogens with one attached hydrogen (secondary N) is 1. The highest BCUT2D eigenvalue weighted by Gasteiger charge is 2.17. The van der Waals surface area contributed by atoms with Crippen LogP contribution in [-0.4, -0.2) is 6.54 Å². The third-order valence-corrected chi connectivity index (χ3v) is 3.70. The summed E-state index contributed by atoms with van der Waals surface area (Å²) in [5.74, 6) is 1.52. The van der Waals surface area contributed by atoms with Crippen LogP contribution in [0, 0.1) is 25.7 Å². The van der Waals surface area contributed by atoms with Gasteiger partial charge >= 0.3 is 0 Å². The molecule has 1 aromatic carbocycles. The van der Waals surface area contributed by atoms with Crippen molar-refractivity contribution >= 4 is 5.69 Å². The standard InChI is InChI=1S/C17H25N/c1-12-5-13(2)8-16(7-12)11-18-17-9-14(3)6-15(4)10-17/h5-6,9-10,12,16,18H,7-8,11H2,1-4H3. The molecular formula is C17H25N. The van der Waals surface area contributed by atoms with E-state index in [0.29, 0.717) is 0 Å². The minimum absolute atomic E-state index is 0.741. The predicted molar refractivity (Wildman–Crippen MR) is 80.1 cm³/mol. The molecule has 0 amide bonds. The summed E-state index contributed by atoms with van der Waals surface area (Å²) < 4.78 is 0. The topological polar surface area (TPSA) is 12.0 Å². The normalized spacial score (nSPS) is 23.7. The maximum atomic E-state index is 3.61. The van der Waals surface area contributed by atoms with Crippen LogP contribution < -0.4 is 5.32 Å². The van der Waals surface area contributed by atoms with E-state index in [1.54, 1.807) is 5.57 Å². The van der Waals surface area contributed by atoms with Gasteiger partial charge in [0.1, 0.15) is 0 Å². The van der Waals surface area contributed by atoms with Crippen LogP contribution in [0.4, 0.5) is 5.69 Å². The molecule has 0 saturated carbocycles. The van der Waals surface area contributed by atoms with Gasteiger partial charge in [0.25, 0.3) is 0 Å². The molecule has 0 aliphatic heterocycles. The molecular weight excluding hydrogens is 218 g/mol. The number of anilines is 1. The van der Waals surface area contributed by atoms with E-state index in [0.717, 1.165) is 18.4 Å². The van der Waals surface area contributed by atoms with Crippen LogP contribution in [0.1, 0.15) is 37.8 Å². The van der Waals surface area contributed by atoms with Crippen molar-refractivity contribution in [2.75, 3.05) is 11.9 Å². The lowest BCUT2D eigenvalue weighted by Gasteiger charge is -2.26. The summed E-state index contributed by atoms with van der Waals surface area (Å²) in [7, 11) is 0. The molecule has 0 heterocycles. The fourth-order valence-electron chi connectivity index (χ4n) is 3.18. The van der Waals surface area contributed by atoms with Crippen LogP contribution in [0.5, 0.6) is 0 Å². The molecule has 2 unspecified atom stereocenters. The molecule has 1 aliphatic rings. The Balaban J connectivity index is 1.93. The highest BCUT2D eigenvalue weighted by atomic mass is 14.9. The van der Waals surface area contributed by atoms with Gasteiger partial charge in [-0.15, -0.1) is 0 Å². The maximum Gasteiger partial charge on any atom is 0.0345 e. The van der Waals surface area contributed by atoms with Gasteiger partial charge in [-0.2, -0.15) is 0 Å². The van der Waals surface area contributed by atoms with Crippen molar-refractivity contribution in [3.05, 3.63) is 41.0 Å². The summed E-state index contributed by atoms with van der Waals surface area (Å²) in [6.45, 7) is 10.0. The molecule has 1 heteroatoms. The van der Waals surface area contributed by atoms with E-state index in [1.165, 1.54) is 29.7 Å². The molecule has 0 fully saturated rings. The molecule has 1 N–H and O–H groups in total. The number of benzene rings is 1. The Hall–Kier alpha value is -1.24. The minimum atomic E-state index is 0.741. The number of hydrogen-bond acceptors (Lipinski definition) is 1. The van der Waals surface area contributed by atoms with E-state index in [-0.39, 0.29) is 0 Å². The fraction of sp³-hybridized carbons (Fsp3) is 0.529. The van der Waals surface area contributed by atoms with Gasteiger partial charge in [0, 0.05) is 12.2 Å². The molecule has 2 rings (SSSR count). The summed E-state index contributed by atoms with van der Waals surface area (Å²) in [5.41, 5.74) is 5.50. The molecule has 0 saturated heterocycles. The number of allylic oxidation sites excluding steroid dienone is 2. The van der Waals surface area contributed by atoms with Crippen molar-refractivity contribution < 1.29 is 0 Å². The monoisotopic (exact) mass is 243 g/mol. The van der Waals surface area contributed by atoms with Gasteiger partial charge in [-0.25, -0.2) is 0 Å². The van der Waals surface area contributed by atoms with Crippen molar-refractivity contribution in [1.82, 2.24) is 0 Å². The molecule has 1 aromatic rings. The van der Waals surface area contributed by atoms with Crippen LogP contribution in [0.3, 0.4) is 0 Å². The van der Waals surface area contributed by atoms with Crippen molar-refractivity contribution in [1.29, 1.82) is 0 Å². The van der Waals surface area contributed by atoms with Crippen LogP contribution >= 0.6 is 0 Å². The second kappa shape index (κ2) is 5.60. The molecule has 1 nitrogen and oxygen atoms in total. The first-order chi connectivity index (χ1) is 8.52. The Bertz CT molecular complexity index is 425. The third-order valence-electron chi connectivity index (χ3n) is 3.70. The Morgan fingerprint density at radius 1 is 1.11 bits per heavy atom. The molecule has 0 spiro atoms. The van der Waals surface area contributed by atoms with Gasteiger partial charge in [-0.1, -0.05) is 24.6 Å². The molecule has 0 radical (unpaired) electrons. The predicted octanol–water partition coefficient (Wildman–Crippen LogP) is 4.71. The molecule has 0 bridgehead atoms. The summed E-state index contributed by atoms with van der Waals surface area (Å²) >= 11 is 0. The van der Waals surface area contributed by atoms with Crippen molar-refractivity contribution in [3.63, 3.8) is 0 Å². The lowest BCUT2D eigenvalue weighted by molar-refractivity contribution is 0.421. The highest BCUT2D eigenvalue weighted by molar-refractivity contribution is 5.48. The smallest absolute Gasteiger partial charge is 0.0345 e. The Labute approximate surface area is 111 Å². The molecule has 18 heavy (non-hydrogen) atoms. The Morgan fingerprint density at radius 2 is 1.78 bits per heavy atom. The van der Waals surface area contributed by atoms with Crippen molar-refractivity contribution in [2.45, 2.75) is 40.5 Å². The van der Waals surface area contributed by atoms with E-state index in [2.05, 4.69) is 57.3 Å². The van der Waals surface area contributed by atoms with Gasteiger partial charge in [0.05, 0.1) is 0 Å². The molecule has 0 aromatic heterocycles. The Morgan fingerprint density at radius 3 is 2.39 bits per heavy atom. The Kier molecular flexibility index (Phi) is 4.11. The van der Waals surface area contributed by atoms with Crippen molar-refractivity contribution in [3.8, 4) is 0 Å². The number of rotatable bonds is 3. The second-order valence-electron chi connectivity index (χ2n) is 6.05. The summed E-state index contributed by atoms with van der Waals surface area (Å²) in [6, 6.07) is 6.70. The summed E-state index contributed by atoms with van der Waals surface area (Å²) in [5, 5.41) is 3.61. The van der Waals surface area contributed by atoms with Gasteiger partial charge in [0.2, 0.25) is 0 Å². The lowest BCUT2D eigenvalue weighted by atomic mass is 9.83. The second-order valence-corrected chi connectivity index (χ2v) is 6.05. The zero-order valence-electron chi connectivity index (χ0n) is 12.1. The van der Waals surface area contributed by atoms with Crippen LogP contribution in [0.15, 0.2) is 29.8 Å². The molecule has 98 valence electrons. The zero-order chi connectivity index (χ0) is 13.1. The van der Waals surface area contributed by atoms with E-state index < -0.39 is 0 Å². The van der Waals surface area contributed by atoms with E-state index >= 15 is 0 Å². The quantitative estimate of drug-likeness (QED) is 0.758. The van der Waals surface area contributed by atoms with E-state index in [4.69, 9.17) is 0 Å². The van der Waals surface area contributed by atoms with E-state index in [1.807, 2.05) is 0 Å². The number of aryl methyl sites for hydroxylation is 2. The zero-order valence-corrected chi connectivity index (χ0v) is 12.1. The number of hydrogen-bond donors (Lipinski definition) is 1. The average Bonchev–Trinajstić information content (AvgIpc) is 2.23. The lowest BCUT2D eigenvalue weighted by Crippen LogP contribution is -2.20. The molecule has 1 aliphatic carbocycles. The van der Waals surface area contributed by atoms with Gasteiger partial charge < -0.3 is 5.32 Å². The summed E-state index contributed by atoms with van der Waals surface area (Å²) in [6.07, 6.45) is 4.99. The first-order valence-corrected chi connectivity index (χ1v) is 7.02. The van der Waals surface area contributed by atoms with Gasteiger partial charge in [-0.3, -0.25) is 0 Å². The average molecular weight is 243 g/mol.